The molecule has 2 rings (SSSR count). The number of amides is 1. The van der Waals surface area contributed by atoms with Gasteiger partial charge in [0.15, 0.2) is 0 Å². The van der Waals surface area contributed by atoms with E-state index in [-0.39, 0.29) is 11.6 Å². The molecule has 0 saturated heterocycles. The maximum Gasteiger partial charge on any atom is 0.271 e. The number of hydrogen-bond acceptors (Lipinski definition) is 5. The number of hydrogen-bond donors (Lipinski definition) is 2. The van der Waals surface area contributed by atoms with Gasteiger partial charge in [-0.2, -0.15) is 0 Å². The van der Waals surface area contributed by atoms with Gasteiger partial charge >= 0.3 is 0 Å². The third kappa shape index (κ3) is 4.56. The molecular formula is C14H14Cl2N4O2. The Morgan fingerprint density at radius 2 is 2.09 bits per heavy atom. The van der Waals surface area contributed by atoms with Gasteiger partial charge in [0.05, 0.1) is 29.7 Å². The van der Waals surface area contributed by atoms with Crippen LogP contribution in [0.3, 0.4) is 0 Å². The third-order valence-corrected chi connectivity index (χ3v) is 3.22. The maximum absolute atomic E-state index is 11.8. The Morgan fingerprint density at radius 3 is 2.73 bits per heavy atom. The number of methoxy groups -OCH3 is 1. The van der Waals surface area contributed by atoms with Gasteiger partial charge < -0.3 is 15.4 Å². The lowest BCUT2D eigenvalue weighted by Crippen LogP contribution is -2.27. The van der Waals surface area contributed by atoms with Crippen LogP contribution in [0.5, 0.6) is 0 Å². The quantitative estimate of drug-likeness (QED) is 0.790. The third-order valence-electron chi connectivity index (χ3n) is 2.67. The fourth-order valence-corrected chi connectivity index (χ4v) is 2.05. The van der Waals surface area contributed by atoms with E-state index in [4.69, 9.17) is 27.9 Å². The van der Waals surface area contributed by atoms with Crippen LogP contribution in [0.15, 0.2) is 30.6 Å². The van der Waals surface area contributed by atoms with Crippen molar-refractivity contribution in [2.75, 3.05) is 25.6 Å². The molecule has 1 aromatic carbocycles. The lowest BCUT2D eigenvalue weighted by molar-refractivity contribution is 0.0932. The SMILES string of the molecule is COCCNC(=O)c1cnc(Nc2ccc(Cl)cc2Cl)cn1. The Kier molecular flexibility index (Phi) is 5.94. The van der Waals surface area contributed by atoms with E-state index in [0.717, 1.165) is 0 Å². The number of ether oxygens (including phenoxy) is 1. The zero-order chi connectivity index (χ0) is 15.9. The first-order chi connectivity index (χ1) is 10.6. The standard InChI is InChI=1S/C14H14Cl2N4O2/c1-22-5-4-17-14(21)12-7-19-13(8-18-12)20-11-3-2-9(15)6-10(11)16/h2-3,6-8H,4-5H2,1H3,(H,17,21)(H,19,20). The summed E-state index contributed by atoms with van der Waals surface area (Å²) in [7, 11) is 1.56. The molecule has 0 aliphatic rings. The summed E-state index contributed by atoms with van der Waals surface area (Å²) in [5.41, 5.74) is 0.876. The number of nitrogens with one attached hydrogen (secondary N) is 2. The molecule has 0 aliphatic heterocycles. The summed E-state index contributed by atoms with van der Waals surface area (Å²) in [5, 5.41) is 6.68. The summed E-state index contributed by atoms with van der Waals surface area (Å²) in [4.78, 5) is 19.9. The van der Waals surface area contributed by atoms with Crippen LogP contribution in [0.4, 0.5) is 11.5 Å². The Labute approximate surface area is 137 Å². The smallest absolute Gasteiger partial charge is 0.271 e. The number of anilines is 2. The average molecular weight is 341 g/mol. The van der Waals surface area contributed by atoms with Gasteiger partial charge in [0.1, 0.15) is 11.5 Å². The molecular weight excluding hydrogens is 327 g/mol. The molecule has 2 N–H and O–H groups in total. The van der Waals surface area contributed by atoms with Crippen molar-refractivity contribution in [3.63, 3.8) is 0 Å². The van der Waals surface area contributed by atoms with Crippen molar-refractivity contribution in [2.45, 2.75) is 0 Å². The summed E-state index contributed by atoms with van der Waals surface area (Å²) >= 11 is 11.9. The largest absolute Gasteiger partial charge is 0.383 e. The van der Waals surface area contributed by atoms with Crippen molar-refractivity contribution in [1.82, 2.24) is 15.3 Å². The average Bonchev–Trinajstić information content (AvgIpc) is 2.51. The van der Waals surface area contributed by atoms with E-state index in [9.17, 15) is 4.79 Å². The Balaban J connectivity index is 2.01. The van der Waals surface area contributed by atoms with E-state index in [0.29, 0.717) is 34.7 Å². The minimum Gasteiger partial charge on any atom is -0.383 e. The molecule has 0 spiro atoms. The highest BCUT2D eigenvalue weighted by Gasteiger charge is 2.08. The molecule has 0 unspecified atom stereocenters. The number of benzene rings is 1. The molecule has 0 saturated carbocycles. The molecule has 6 nitrogen and oxygen atoms in total. The zero-order valence-electron chi connectivity index (χ0n) is 11.8. The molecule has 1 aromatic heterocycles. The second kappa shape index (κ2) is 7.93. The highest BCUT2D eigenvalue weighted by Crippen LogP contribution is 2.27. The monoisotopic (exact) mass is 340 g/mol. The summed E-state index contributed by atoms with van der Waals surface area (Å²) in [6.45, 7) is 0.852. The molecule has 2 aromatic rings. The van der Waals surface area contributed by atoms with Crippen LogP contribution in [0.2, 0.25) is 10.0 Å². The molecule has 1 amide bonds. The molecule has 116 valence electrons. The van der Waals surface area contributed by atoms with E-state index in [1.807, 2.05) is 0 Å². The zero-order valence-corrected chi connectivity index (χ0v) is 13.3. The first-order valence-corrected chi connectivity index (χ1v) is 7.17. The first kappa shape index (κ1) is 16.5. The molecule has 0 fully saturated rings. The van der Waals surface area contributed by atoms with Crippen molar-refractivity contribution in [3.8, 4) is 0 Å². The minimum atomic E-state index is -0.305. The molecule has 0 aliphatic carbocycles. The topological polar surface area (TPSA) is 76.1 Å². The first-order valence-electron chi connectivity index (χ1n) is 6.41. The Hall–Kier alpha value is -1.89. The maximum atomic E-state index is 11.8. The molecule has 0 bridgehead atoms. The number of rotatable bonds is 6. The Morgan fingerprint density at radius 1 is 1.27 bits per heavy atom. The number of halogens is 2. The van der Waals surface area contributed by atoms with Gasteiger partial charge in [0.25, 0.3) is 5.91 Å². The minimum absolute atomic E-state index is 0.226. The van der Waals surface area contributed by atoms with Gasteiger partial charge in [-0.3, -0.25) is 4.79 Å². The second-order valence-corrected chi connectivity index (χ2v) is 5.13. The predicted octanol–water partition coefficient (Wildman–Crippen LogP) is 2.90. The number of nitrogens with zero attached hydrogens (tertiary/aromatic N) is 2. The van der Waals surface area contributed by atoms with Gasteiger partial charge in [-0.05, 0) is 18.2 Å². The van der Waals surface area contributed by atoms with Gasteiger partial charge in [-0.1, -0.05) is 23.2 Å². The van der Waals surface area contributed by atoms with E-state index in [2.05, 4.69) is 20.6 Å². The van der Waals surface area contributed by atoms with Crippen molar-refractivity contribution >= 4 is 40.6 Å². The van der Waals surface area contributed by atoms with Crippen LogP contribution in [0.25, 0.3) is 0 Å². The molecule has 22 heavy (non-hydrogen) atoms. The van der Waals surface area contributed by atoms with E-state index >= 15 is 0 Å². The molecule has 1 heterocycles. The van der Waals surface area contributed by atoms with Gasteiger partial charge in [-0.15, -0.1) is 0 Å². The fraction of sp³-hybridized carbons (Fsp3) is 0.214. The van der Waals surface area contributed by atoms with Gasteiger partial charge in [-0.25, -0.2) is 9.97 Å². The highest BCUT2D eigenvalue weighted by molar-refractivity contribution is 6.36. The van der Waals surface area contributed by atoms with Gasteiger partial charge in [0.2, 0.25) is 0 Å². The summed E-state index contributed by atoms with van der Waals surface area (Å²) < 4.78 is 4.85. The molecule has 0 radical (unpaired) electrons. The summed E-state index contributed by atoms with van der Waals surface area (Å²) in [6, 6.07) is 5.06. The van der Waals surface area contributed by atoms with Crippen LogP contribution in [-0.2, 0) is 4.74 Å². The van der Waals surface area contributed by atoms with Crippen molar-refractivity contribution in [2.24, 2.45) is 0 Å². The van der Waals surface area contributed by atoms with Crippen LogP contribution >= 0.6 is 23.2 Å². The van der Waals surface area contributed by atoms with Crippen LogP contribution in [-0.4, -0.2) is 36.1 Å². The predicted molar refractivity (Wildman–Crippen MR) is 86.0 cm³/mol. The molecule has 0 atom stereocenters. The van der Waals surface area contributed by atoms with Crippen molar-refractivity contribution < 1.29 is 9.53 Å². The van der Waals surface area contributed by atoms with E-state index in [1.165, 1.54) is 12.4 Å². The van der Waals surface area contributed by atoms with Crippen molar-refractivity contribution in [1.29, 1.82) is 0 Å². The van der Waals surface area contributed by atoms with E-state index < -0.39 is 0 Å². The van der Waals surface area contributed by atoms with E-state index in [1.54, 1.807) is 25.3 Å². The lowest BCUT2D eigenvalue weighted by atomic mass is 10.3. The summed E-state index contributed by atoms with van der Waals surface area (Å²) in [6.07, 6.45) is 2.84. The van der Waals surface area contributed by atoms with Crippen molar-refractivity contribution in [3.05, 3.63) is 46.3 Å². The highest BCUT2D eigenvalue weighted by atomic mass is 35.5. The number of aromatic nitrogens is 2. The number of carbonyl (C=O) groups is 1. The van der Waals surface area contributed by atoms with Crippen LogP contribution in [0, 0.1) is 0 Å². The fourth-order valence-electron chi connectivity index (χ4n) is 1.60. The van der Waals surface area contributed by atoms with Crippen LogP contribution in [0.1, 0.15) is 10.5 Å². The normalized spacial score (nSPS) is 10.3. The van der Waals surface area contributed by atoms with Gasteiger partial charge in [0, 0.05) is 18.7 Å². The second-order valence-electron chi connectivity index (χ2n) is 4.28. The molecule has 8 heteroatoms. The Bertz CT molecular complexity index is 650. The van der Waals surface area contributed by atoms with Crippen LogP contribution < -0.4 is 10.6 Å². The lowest BCUT2D eigenvalue weighted by Gasteiger charge is -2.08. The summed E-state index contributed by atoms with van der Waals surface area (Å²) in [5.74, 6) is 0.165. The number of carbonyl (C=O) groups excluding carboxylic acids is 1.